The number of anilines is 1. The first-order valence-corrected chi connectivity index (χ1v) is 9.02. The third-order valence-electron chi connectivity index (χ3n) is 4.55. The molecule has 0 fully saturated rings. The van der Waals surface area contributed by atoms with Gasteiger partial charge in [0.2, 0.25) is 0 Å². The predicted molar refractivity (Wildman–Crippen MR) is 107 cm³/mol. The summed E-state index contributed by atoms with van der Waals surface area (Å²) in [5.41, 5.74) is 2.06. The molecule has 3 aromatic rings. The van der Waals surface area contributed by atoms with Crippen LogP contribution >= 0.6 is 0 Å². The Morgan fingerprint density at radius 3 is 2.96 bits per heavy atom. The van der Waals surface area contributed by atoms with Crippen LogP contribution in [0.15, 0.2) is 71.6 Å². The van der Waals surface area contributed by atoms with Crippen molar-refractivity contribution in [3.8, 4) is 0 Å². The maximum absolute atomic E-state index is 11.7. The van der Waals surface area contributed by atoms with Crippen LogP contribution in [-0.2, 0) is 11.3 Å². The van der Waals surface area contributed by atoms with Gasteiger partial charge in [0.15, 0.2) is 11.6 Å². The van der Waals surface area contributed by atoms with Crippen molar-refractivity contribution in [2.45, 2.75) is 19.9 Å². The Bertz CT molecular complexity index is 1110. The van der Waals surface area contributed by atoms with E-state index in [1.807, 2.05) is 35.2 Å². The van der Waals surface area contributed by atoms with Gasteiger partial charge in [-0.05, 0) is 37.6 Å². The molecule has 4 rings (SSSR count). The maximum Gasteiger partial charge on any atom is 0.185 e. The number of carbonyl (C=O) groups is 1. The van der Waals surface area contributed by atoms with Gasteiger partial charge in [-0.15, -0.1) is 5.10 Å². The van der Waals surface area contributed by atoms with Gasteiger partial charge in [0.05, 0.1) is 11.8 Å². The second kappa shape index (κ2) is 7.51. The van der Waals surface area contributed by atoms with E-state index >= 15 is 0 Å². The first-order chi connectivity index (χ1) is 13.6. The van der Waals surface area contributed by atoms with Crippen LogP contribution < -0.4 is 5.32 Å². The average molecular weight is 376 g/mol. The summed E-state index contributed by atoms with van der Waals surface area (Å²) >= 11 is 0. The summed E-state index contributed by atoms with van der Waals surface area (Å²) in [6.45, 7) is 3.13. The normalized spacial score (nSPS) is 15.8. The summed E-state index contributed by atoms with van der Waals surface area (Å²) < 4.78 is 3.75. The summed E-state index contributed by atoms with van der Waals surface area (Å²) in [5.74, 6) is 0.308. The molecule has 0 aromatic carbocycles. The zero-order chi connectivity index (χ0) is 19.5. The number of aliphatic hydroxyl groups is 1. The SMILES string of the molecule is CC1=C(O)C(=Nc2c(NCCCn3ccnc3)nn3ccccc23)C=CC1=O. The number of pyridine rings is 1. The monoisotopic (exact) mass is 376 g/mol. The molecule has 2 N–H and O–H groups in total. The van der Waals surface area contributed by atoms with E-state index < -0.39 is 0 Å². The second-order valence-corrected chi connectivity index (χ2v) is 6.48. The molecular formula is C20H20N6O2. The number of aromatic nitrogens is 4. The Morgan fingerprint density at radius 1 is 1.25 bits per heavy atom. The lowest BCUT2D eigenvalue weighted by Gasteiger charge is -2.09. The predicted octanol–water partition coefficient (Wildman–Crippen LogP) is 3.08. The van der Waals surface area contributed by atoms with Crippen LogP contribution in [-0.4, -0.2) is 42.3 Å². The first-order valence-electron chi connectivity index (χ1n) is 9.02. The summed E-state index contributed by atoms with van der Waals surface area (Å²) in [4.78, 5) is 20.4. The Balaban J connectivity index is 1.61. The minimum absolute atomic E-state index is 0.103. The quantitative estimate of drug-likeness (QED) is 0.509. The molecule has 0 saturated heterocycles. The first kappa shape index (κ1) is 17.7. The number of nitrogens with zero attached hydrogens (tertiary/aromatic N) is 5. The molecular weight excluding hydrogens is 356 g/mol. The molecule has 0 saturated carbocycles. The second-order valence-electron chi connectivity index (χ2n) is 6.48. The molecule has 0 radical (unpaired) electrons. The van der Waals surface area contributed by atoms with Crippen molar-refractivity contribution in [1.29, 1.82) is 0 Å². The fraction of sp³-hybridized carbons (Fsp3) is 0.200. The van der Waals surface area contributed by atoms with E-state index in [4.69, 9.17) is 0 Å². The number of ketones is 1. The van der Waals surface area contributed by atoms with E-state index in [-0.39, 0.29) is 17.1 Å². The van der Waals surface area contributed by atoms with E-state index in [1.54, 1.807) is 24.0 Å². The molecule has 1 aliphatic rings. The number of aliphatic hydroxyl groups excluding tert-OH is 1. The third kappa shape index (κ3) is 3.44. The lowest BCUT2D eigenvalue weighted by Crippen LogP contribution is -2.12. The van der Waals surface area contributed by atoms with Crippen molar-refractivity contribution >= 4 is 28.5 Å². The smallest absolute Gasteiger partial charge is 0.185 e. The highest BCUT2D eigenvalue weighted by Gasteiger charge is 2.19. The van der Waals surface area contributed by atoms with Crippen LogP contribution in [0.1, 0.15) is 13.3 Å². The van der Waals surface area contributed by atoms with Crippen molar-refractivity contribution in [1.82, 2.24) is 19.2 Å². The number of aryl methyl sites for hydroxylation is 1. The number of hydrogen-bond donors (Lipinski definition) is 2. The van der Waals surface area contributed by atoms with Gasteiger partial charge in [-0.3, -0.25) is 4.79 Å². The maximum atomic E-state index is 11.7. The zero-order valence-electron chi connectivity index (χ0n) is 15.4. The van der Waals surface area contributed by atoms with Crippen molar-refractivity contribution in [3.05, 3.63) is 66.6 Å². The molecule has 142 valence electrons. The number of rotatable bonds is 6. The topological polar surface area (TPSA) is 96.8 Å². The highest BCUT2D eigenvalue weighted by atomic mass is 16.3. The average Bonchev–Trinajstić information content (AvgIpc) is 3.34. The number of imidazole rings is 1. The van der Waals surface area contributed by atoms with Gasteiger partial charge in [0, 0.05) is 37.3 Å². The van der Waals surface area contributed by atoms with Crippen molar-refractivity contribution in [3.63, 3.8) is 0 Å². The Morgan fingerprint density at radius 2 is 2.14 bits per heavy atom. The standard InChI is InChI=1S/C20H20N6O2/c1-14-17(27)7-6-15(19(14)28)23-18-16-5-2-3-11-26(16)24-20(18)22-8-4-10-25-12-9-21-13-25/h2-3,5-7,9,11-13,28H,4,8,10H2,1H3,(H,22,24). The summed E-state index contributed by atoms with van der Waals surface area (Å²) in [6.07, 6.45) is 11.1. The highest BCUT2D eigenvalue weighted by molar-refractivity contribution is 6.21. The van der Waals surface area contributed by atoms with Gasteiger partial charge >= 0.3 is 0 Å². The highest BCUT2D eigenvalue weighted by Crippen LogP contribution is 2.31. The number of aliphatic imine (C=N–C) groups is 1. The van der Waals surface area contributed by atoms with E-state index in [0.717, 1.165) is 18.5 Å². The van der Waals surface area contributed by atoms with Gasteiger partial charge in [-0.2, -0.15) is 0 Å². The summed E-state index contributed by atoms with van der Waals surface area (Å²) in [7, 11) is 0. The van der Waals surface area contributed by atoms with Crippen LogP contribution in [0.5, 0.6) is 0 Å². The molecule has 8 nitrogen and oxygen atoms in total. The largest absolute Gasteiger partial charge is 0.505 e. The third-order valence-corrected chi connectivity index (χ3v) is 4.55. The van der Waals surface area contributed by atoms with Gasteiger partial charge in [0.1, 0.15) is 17.2 Å². The van der Waals surface area contributed by atoms with Crippen molar-refractivity contribution in [2.24, 2.45) is 4.99 Å². The number of nitrogens with one attached hydrogen (secondary N) is 1. The van der Waals surface area contributed by atoms with E-state index in [1.165, 1.54) is 12.2 Å². The summed E-state index contributed by atoms with van der Waals surface area (Å²) in [5, 5.41) is 18.2. The Labute approximate surface area is 161 Å². The molecule has 3 heterocycles. The van der Waals surface area contributed by atoms with Gasteiger partial charge < -0.3 is 15.0 Å². The van der Waals surface area contributed by atoms with Crippen LogP contribution in [0.2, 0.25) is 0 Å². The lowest BCUT2D eigenvalue weighted by molar-refractivity contribution is -0.111. The zero-order valence-corrected chi connectivity index (χ0v) is 15.4. The summed E-state index contributed by atoms with van der Waals surface area (Å²) in [6, 6.07) is 5.71. The van der Waals surface area contributed by atoms with E-state index in [2.05, 4.69) is 20.4 Å². The minimum atomic E-state index is -0.214. The number of carbonyl (C=O) groups excluding carboxylic acids is 1. The van der Waals surface area contributed by atoms with E-state index in [9.17, 15) is 9.90 Å². The number of hydrogen-bond acceptors (Lipinski definition) is 6. The number of allylic oxidation sites excluding steroid dienone is 3. The fourth-order valence-electron chi connectivity index (χ4n) is 2.98. The molecule has 0 unspecified atom stereocenters. The molecule has 0 aliphatic heterocycles. The van der Waals surface area contributed by atoms with Crippen LogP contribution in [0.3, 0.4) is 0 Å². The molecule has 1 aliphatic carbocycles. The van der Waals surface area contributed by atoms with Gasteiger partial charge in [0.25, 0.3) is 0 Å². The van der Waals surface area contributed by atoms with Gasteiger partial charge in [-0.1, -0.05) is 6.07 Å². The number of fused-ring (bicyclic) bond motifs is 1. The molecule has 0 atom stereocenters. The van der Waals surface area contributed by atoms with Crippen LogP contribution in [0.4, 0.5) is 11.5 Å². The molecule has 0 spiro atoms. The molecule has 0 bridgehead atoms. The molecule has 28 heavy (non-hydrogen) atoms. The van der Waals surface area contributed by atoms with E-state index in [0.29, 0.717) is 23.8 Å². The Kier molecular flexibility index (Phi) is 4.76. The van der Waals surface area contributed by atoms with Gasteiger partial charge in [-0.25, -0.2) is 14.5 Å². The fourth-order valence-corrected chi connectivity index (χ4v) is 2.98. The van der Waals surface area contributed by atoms with Crippen LogP contribution in [0, 0.1) is 0 Å². The van der Waals surface area contributed by atoms with Crippen LogP contribution in [0.25, 0.3) is 5.52 Å². The van der Waals surface area contributed by atoms with Crippen molar-refractivity contribution in [2.75, 3.05) is 11.9 Å². The molecule has 0 amide bonds. The molecule has 3 aromatic heterocycles. The molecule has 8 heteroatoms. The minimum Gasteiger partial charge on any atom is -0.505 e. The van der Waals surface area contributed by atoms with Crippen molar-refractivity contribution < 1.29 is 9.90 Å². The Hall–Kier alpha value is -3.68. The lowest BCUT2D eigenvalue weighted by atomic mass is 10.0.